The van der Waals surface area contributed by atoms with E-state index in [1.807, 2.05) is 6.07 Å². The molecule has 0 fully saturated rings. The van der Waals surface area contributed by atoms with Crippen molar-refractivity contribution >= 4 is 0 Å². The highest BCUT2D eigenvalue weighted by Crippen LogP contribution is 2.37. The molecule has 0 aliphatic heterocycles. The number of ether oxygens (including phenoxy) is 2. The molecule has 0 unspecified atom stereocenters. The highest BCUT2D eigenvalue weighted by atomic mass is 19.1. The third kappa shape index (κ3) is 3.08. The molecule has 0 saturated carbocycles. The molecule has 3 N–H and O–H groups in total. The van der Waals surface area contributed by atoms with E-state index < -0.39 is 5.82 Å². The molecule has 0 spiro atoms. The Kier molecular flexibility index (Phi) is 4.65. The minimum absolute atomic E-state index is 0.112. The number of benzene rings is 2. The molecule has 0 radical (unpaired) electrons. The van der Waals surface area contributed by atoms with Gasteiger partial charge in [-0.05, 0) is 48.4 Å². The van der Waals surface area contributed by atoms with E-state index in [4.69, 9.17) is 15.2 Å². The Balaban J connectivity index is 2.60. The molecule has 0 aromatic heterocycles. The van der Waals surface area contributed by atoms with Crippen LogP contribution in [0.3, 0.4) is 0 Å². The van der Waals surface area contributed by atoms with E-state index >= 15 is 0 Å². The summed E-state index contributed by atoms with van der Waals surface area (Å²) in [5.74, 6) is 0.511. The number of halogens is 1. The summed E-state index contributed by atoms with van der Waals surface area (Å²) in [6.45, 7) is 0.445. The molecule has 0 bridgehead atoms. The minimum atomic E-state index is -0.499. The van der Waals surface area contributed by atoms with Gasteiger partial charge in [-0.1, -0.05) is 0 Å². The van der Waals surface area contributed by atoms with Gasteiger partial charge in [0.05, 0.1) is 14.2 Å². The van der Waals surface area contributed by atoms with Crippen LogP contribution in [0.2, 0.25) is 0 Å². The van der Waals surface area contributed by atoms with E-state index in [1.165, 1.54) is 19.2 Å². The Hall–Kier alpha value is -2.27. The number of methoxy groups -OCH3 is 2. The van der Waals surface area contributed by atoms with Crippen molar-refractivity contribution in [3.8, 4) is 28.4 Å². The van der Waals surface area contributed by atoms with Crippen molar-refractivity contribution in [3.05, 3.63) is 41.7 Å². The molecule has 0 aliphatic rings. The van der Waals surface area contributed by atoms with Gasteiger partial charge in [0.2, 0.25) is 0 Å². The van der Waals surface area contributed by atoms with Crippen molar-refractivity contribution in [1.82, 2.24) is 0 Å². The molecule has 0 saturated heterocycles. The second kappa shape index (κ2) is 6.45. The lowest BCUT2D eigenvalue weighted by Crippen LogP contribution is -2.05. The van der Waals surface area contributed by atoms with Gasteiger partial charge in [-0.15, -0.1) is 0 Å². The van der Waals surface area contributed by atoms with Crippen LogP contribution in [-0.4, -0.2) is 25.9 Å². The van der Waals surface area contributed by atoms with Crippen LogP contribution in [0.5, 0.6) is 17.2 Å². The molecule has 0 amide bonds. The highest BCUT2D eigenvalue weighted by Gasteiger charge is 2.15. The van der Waals surface area contributed by atoms with Crippen molar-refractivity contribution in [2.45, 2.75) is 6.42 Å². The predicted octanol–water partition coefficient (Wildman–Crippen LogP) is 2.72. The zero-order chi connectivity index (χ0) is 15.4. The molecule has 0 atom stereocenters. The summed E-state index contributed by atoms with van der Waals surface area (Å²) in [6.07, 6.45) is 0.590. The van der Waals surface area contributed by atoms with Crippen molar-refractivity contribution in [3.63, 3.8) is 0 Å². The van der Waals surface area contributed by atoms with Crippen LogP contribution in [0.25, 0.3) is 11.1 Å². The number of aromatic hydroxyl groups is 1. The number of rotatable bonds is 5. The Morgan fingerprint density at radius 2 is 1.90 bits per heavy atom. The first-order valence-electron chi connectivity index (χ1n) is 6.54. The SMILES string of the molecule is COc1cc(-c2ccc(O)cc2F)cc(CCN)c1OC. The lowest BCUT2D eigenvalue weighted by molar-refractivity contribution is 0.352. The Bertz CT molecular complexity index is 644. The van der Waals surface area contributed by atoms with E-state index in [-0.39, 0.29) is 5.75 Å². The predicted molar refractivity (Wildman–Crippen MR) is 79.4 cm³/mol. The van der Waals surface area contributed by atoms with Crippen LogP contribution in [-0.2, 0) is 6.42 Å². The molecule has 2 aromatic carbocycles. The molecule has 21 heavy (non-hydrogen) atoms. The molecule has 0 heterocycles. The monoisotopic (exact) mass is 291 g/mol. The number of hydrogen-bond acceptors (Lipinski definition) is 4. The average Bonchev–Trinajstić information content (AvgIpc) is 2.46. The minimum Gasteiger partial charge on any atom is -0.508 e. The van der Waals surface area contributed by atoms with Crippen LogP contribution >= 0.6 is 0 Å². The zero-order valence-corrected chi connectivity index (χ0v) is 12.0. The standard InChI is InChI=1S/C16H18FNO3/c1-20-15-8-11(7-10(5-6-18)16(15)21-2)13-4-3-12(19)9-14(13)17/h3-4,7-9,19H,5-6,18H2,1-2H3. The Morgan fingerprint density at radius 3 is 2.48 bits per heavy atom. The molecule has 112 valence electrons. The summed E-state index contributed by atoms with van der Waals surface area (Å²) in [4.78, 5) is 0. The van der Waals surface area contributed by atoms with Crippen LogP contribution in [0.1, 0.15) is 5.56 Å². The van der Waals surface area contributed by atoms with Gasteiger partial charge in [-0.25, -0.2) is 4.39 Å². The zero-order valence-electron chi connectivity index (χ0n) is 12.0. The summed E-state index contributed by atoms with van der Waals surface area (Å²) < 4.78 is 24.7. The Morgan fingerprint density at radius 1 is 1.14 bits per heavy atom. The molecule has 0 aliphatic carbocycles. The average molecular weight is 291 g/mol. The topological polar surface area (TPSA) is 64.7 Å². The van der Waals surface area contributed by atoms with E-state index in [0.717, 1.165) is 11.6 Å². The van der Waals surface area contributed by atoms with Gasteiger partial charge in [0.15, 0.2) is 11.5 Å². The quantitative estimate of drug-likeness (QED) is 0.889. The number of phenols is 1. The maximum atomic E-state index is 14.0. The van der Waals surface area contributed by atoms with Gasteiger partial charge in [-0.2, -0.15) is 0 Å². The lowest BCUT2D eigenvalue weighted by Gasteiger charge is -2.15. The van der Waals surface area contributed by atoms with Gasteiger partial charge >= 0.3 is 0 Å². The first-order chi connectivity index (χ1) is 10.1. The highest BCUT2D eigenvalue weighted by molar-refractivity contribution is 5.70. The van der Waals surface area contributed by atoms with Gasteiger partial charge in [0.25, 0.3) is 0 Å². The van der Waals surface area contributed by atoms with E-state index in [0.29, 0.717) is 35.6 Å². The first kappa shape index (κ1) is 15.1. The second-order valence-corrected chi connectivity index (χ2v) is 4.57. The molecule has 2 rings (SSSR count). The largest absolute Gasteiger partial charge is 0.508 e. The summed E-state index contributed by atoms with van der Waals surface area (Å²) in [6, 6.07) is 7.57. The Labute approximate surface area is 122 Å². The van der Waals surface area contributed by atoms with E-state index in [2.05, 4.69) is 0 Å². The first-order valence-corrected chi connectivity index (χ1v) is 6.54. The molecule has 5 heteroatoms. The fraction of sp³-hybridized carbons (Fsp3) is 0.250. The van der Waals surface area contributed by atoms with Gasteiger partial charge in [0, 0.05) is 11.6 Å². The number of nitrogens with two attached hydrogens (primary N) is 1. The molecule has 2 aromatic rings. The number of phenolic OH excluding ortho intramolecular Hbond substituents is 1. The maximum Gasteiger partial charge on any atom is 0.163 e. The number of hydrogen-bond donors (Lipinski definition) is 2. The molecular weight excluding hydrogens is 273 g/mol. The molecule has 4 nitrogen and oxygen atoms in total. The van der Waals surface area contributed by atoms with Crippen molar-refractivity contribution in [1.29, 1.82) is 0 Å². The summed E-state index contributed by atoms with van der Waals surface area (Å²) in [5.41, 5.74) is 7.49. The van der Waals surface area contributed by atoms with Crippen molar-refractivity contribution < 1.29 is 19.0 Å². The van der Waals surface area contributed by atoms with Crippen LogP contribution < -0.4 is 15.2 Å². The third-order valence-electron chi connectivity index (χ3n) is 3.23. The van der Waals surface area contributed by atoms with Gasteiger partial charge < -0.3 is 20.3 Å². The summed E-state index contributed by atoms with van der Waals surface area (Å²) >= 11 is 0. The smallest absolute Gasteiger partial charge is 0.163 e. The summed E-state index contributed by atoms with van der Waals surface area (Å²) in [5, 5.41) is 9.30. The fourth-order valence-corrected chi connectivity index (χ4v) is 2.28. The lowest BCUT2D eigenvalue weighted by atomic mass is 9.99. The van der Waals surface area contributed by atoms with E-state index in [9.17, 15) is 9.50 Å². The second-order valence-electron chi connectivity index (χ2n) is 4.57. The summed E-state index contributed by atoms with van der Waals surface area (Å²) in [7, 11) is 3.08. The molecular formula is C16H18FNO3. The van der Waals surface area contributed by atoms with E-state index in [1.54, 1.807) is 13.2 Å². The maximum absolute atomic E-state index is 14.0. The van der Waals surface area contributed by atoms with Gasteiger partial charge in [0.1, 0.15) is 11.6 Å². The van der Waals surface area contributed by atoms with Crippen molar-refractivity contribution in [2.75, 3.05) is 20.8 Å². The third-order valence-corrected chi connectivity index (χ3v) is 3.23. The van der Waals surface area contributed by atoms with Crippen molar-refractivity contribution in [2.24, 2.45) is 5.73 Å². The normalized spacial score (nSPS) is 10.5. The van der Waals surface area contributed by atoms with Crippen LogP contribution in [0, 0.1) is 5.82 Å². The van der Waals surface area contributed by atoms with Crippen LogP contribution in [0.4, 0.5) is 4.39 Å². The van der Waals surface area contributed by atoms with Crippen LogP contribution in [0.15, 0.2) is 30.3 Å². The van der Waals surface area contributed by atoms with Gasteiger partial charge in [-0.3, -0.25) is 0 Å². The fourth-order valence-electron chi connectivity index (χ4n) is 2.28.